The Balaban J connectivity index is 0.000000452. The van der Waals surface area contributed by atoms with Gasteiger partial charge in [0.15, 0.2) is 0 Å². The standard InChI is InChI=1S/C17H14.C3H8/c1-2-7-14(8-3-1)13-16-11-6-10-15-9-4-5-12-17(15)16;1-3-2/h1-12H,13H2;3H2,1-2H3. The van der Waals surface area contributed by atoms with E-state index in [0.29, 0.717) is 0 Å². The van der Waals surface area contributed by atoms with E-state index in [1.54, 1.807) is 0 Å². The molecular weight excluding hydrogens is 240 g/mol. The molecule has 0 bridgehead atoms. The summed E-state index contributed by atoms with van der Waals surface area (Å²) in [5.41, 5.74) is 2.76. The molecule has 0 spiro atoms. The van der Waals surface area contributed by atoms with E-state index in [1.165, 1.54) is 28.3 Å². The summed E-state index contributed by atoms with van der Waals surface area (Å²) in [6.45, 7) is 4.25. The third kappa shape index (κ3) is 3.71. The molecular formula is C20H22. The molecule has 0 heterocycles. The molecule has 0 aliphatic heterocycles. The van der Waals surface area contributed by atoms with Crippen LogP contribution in [0.5, 0.6) is 0 Å². The maximum Gasteiger partial charge on any atom is -0.00196 e. The monoisotopic (exact) mass is 262 g/mol. The third-order valence-electron chi connectivity index (χ3n) is 3.12. The van der Waals surface area contributed by atoms with Crippen molar-refractivity contribution in [1.29, 1.82) is 0 Å². The molecule has 0 unspecified atom stereocenters. The fraction of sp³-hybridized carbons (Fsp3) is 0.200. The highest BCUT2D eigenvalue weighted by Gasteiger charge is 2.00. The highest BCUT2D eigenvalue weighted by molar-refractivity contribution is 5.85. The Kier molecular flexibility index (Phi) is 5.37. The minimum atomic E-state index is 1.00. The van der Waals surface area contributed by atoms with Crippen molar-refractivity contribution in [2.24, 2.45) is 0 Å². The Morgan fingerprint density at radius 2 is 1.25 bits per heavy atom. The van der Waals surface area contributed by atoms with Crippen LogP contribution in [0, 0.1) is 0 Å². The van der Waals surface area contributed by atoms with Crippen molar-refractivity contribution in [3.05, 3.63) is 83.9 Å². The predicted octanol–water partition coefficient (Wildman–Crippen LogP) is 5.85. The second kappa shape index (κ2) is 7.49. The van der Waals surface area contributed by atoms with E-state index in [9.17, 15) is 0 Å². The highest BCUT2D eigenvalue weighted by Crippen LogP contribution is 2.21. The SMILES string of the molecule is CCC.c1ccc(Cc2cccc3ccccc23)cc1. The number of fused-ring (bicyclic) bond motifs is 1. The lowest BCUT2D eigenvalue weighted by Crippen LogP contribution is -1.89. The van der Waals surface area contributed by atoms with Crippen molar-refractivity contribution in [3.63, 3.8) is 0 Å². The zero-order chi connectivity index (χ0) is 14.2. The lowest BCUT2D eigenvalue weighted by molar-refractivity contribution is 1.09. The van der Waals surface area contributed by atoms with Crippen LogP contribution in [0.25, 0.3) is 10.8 Å². The highest BCUT2D eigenvalue weighted by atomic mass is 14.0. The molecule has 0 N–H and O–H groups in total. The maximum atomic E-state index is 2.22. The van der Waals surface area contributed by atoms with E-state index in [2.05, 4.69) is 86.6 Å². The summed E-state index contributed by atoms with van der Waals surface area (Å²) in [7, 11) is 0. The van der Waals surface area contributed by atoms with Crippen LogP contribution in [-0.2, 0) is 6.42 Å². The number of hydrogen-bond acceptors (Lipinski definition) is 0. The third-order valence-corrected chi connectivity index (χ3v) is 3.12. The number of rotatable bonds is 2. The van der Waals surface area contributed by atoms with Crippen molar-refractivity contribution >= 4 is 10.8 Å². The number of hydrogen-bond donors (Lipinski definition) is 0. The zero-order valence-corrected chi connectivity index (χ0v) is 12.3. The van der Waals surface area contributed by atoms with Gasteiger partial charge < -0.3 is 0 Å². The van der Waals surface area contributed by atoms with Crippen molar-refractivity contribution in [2.45, 2.75) is 26.7 Å². The summed E-state index contributed by atoms with van der Waals surface area (Å²) in [4.78, 5) is 0. The van der Waals surface area contributed by atoms with Gasteiger partial charge in [-0.05, 0) is 28.3 Å². The second-order valence-corrected chi connectivity index (χ2v) is 5.01. The summed E-state index contributed by atoms with van der Waals surface area (Å²) in [6.07, 6.45) is 2.25. The van der Waals surface area contributed by atoms with Crippen molar-refractivity contribution in [2.75, 3.05) is 0 Å². The van der Waals surface area contributed by atoms with Crippen LogP contribution < -0.4 is 0 Å². The van der Waals surface area contributed by atoms with Crippen LogP contribution in [0.4, 0.5) is 0 Å². The average molecular weight is 262 g/mol. The van der Waals surface area contributed by atoms with Crippen LogP contribution >= 0.6 is 0 Å². The molecule has 0 atom stereocenters. The van der Waals surface area contributed by atoms with Crippen LogP contribution in [0.2, 0.25) is 0 Å². The van der Waals surface area contributed by atoms with Gasteiger partial charge in [-0.1, -0.05) is 93.1 Å². The van der Waals surface area contributed by atoms with E-state index in [0.717, 1.165) is 6.42 Å². The Hall–Kier alpha value is -2.08. The molecule has 0 aliphatic carbocycles. The molecule has 3 aromatic rings. The molecule has 0 amide bonds. The maximum absolute atomic E-state index is 2.22. The summed E-state index contributed by atoms with van der Waals surface area (Å²) < 4.78 is 0. The van der Waals surface area contributed by atoms with Gasteiger partial charge in [0.25, 0.3) is 0 Å². The zero-order valence-electron chi connectivity index (χ0n) is 12.3. The first-order valence-electron chi connectivity index (χ1n) is 7.35. The summed E-state index contributed by atoms with van der Waals surface area (Å²) in [5, 5.41) is 2.68. The van der Waals surface area contributed by atoms with Gasteiger partial charge in [0.1, 0.15) is 0 Å². The van der Waals surface area contributed by atoms with Crippen molar-refractivity contribution in [3.8, 4) is 0 Å². The Morgan fingerprint density at radius 1 is 0.650 bits per heavy atom. The summed E-state index contributed by atoms with van der Waals surface area (Å²) >= 11 is 0. The van der Waals surface area contributed by atoms with Crippen LogP contribution in [-0.4, -0.2) is 0 Å². The van der Waals surface area contributed by atoms with E-state index in [1.807, 2.05) is 0 Å². The van der Waals surface area contributed by atoms with Gasteiger partial charge in [0.2, 0.25) is 0 Å². The van der Waals surface area contributed by atoms with Gasteiger partial charge in [0, 0.05) is 0 Å². The first-order valence-corrected chi connectivity index (χ1v) is 7.35. The summed E-state index contributed by atoms with van der Waals surface area (Å²) in [6, 6.07) is 25.7. The van der Waals surface area contributed by atoms with E-state index in [4.69, 9.17) is 0 Å². The van der Waals surface area contributed by atoms with Crippen LogP contribution in [0.15, 0.2) is 72.8 Å². The molecule has 3 rings (SSSR count). The van der Waals surface area contributed by atoms with Gasteiger partial charge >= 0.3 is 0 Å². The first kappa shape index (κ1) is 14.3. The van der Waals surface area contributed by atoms with Crippen LogP contribution in [0.1, 0.15) is 31.4 Å². The molecule has 0 heteroatoms. The summed E-state index contributed by atoms with van der Waals surface area (Å²) in [5.74, 6) is 0. The molecule has 0 radical (unpaired) electrons. The fourth-order valence-corrected chi connectivity index (χ4v) is 2.26. The predicted molar refractivity (Wildman–Crippen MR) is 89.2 cm³/mol. The quantitative estimate of drug-likeness (QED) is 0.543. The minimum absolute atomic E-state index is 1.00. The Bertz CT molecular complexity index is 633. The van der Waals surface area contributed by atoms with Crippen molar-refractivity contribution in [1.82, 2.24) is 0 Å². The molecule has 3 aromatic carbocycles. The second-order valence-electron chi connectivity index (χ2n) is 5.01. The van der Waals surface area contributed by atoms with E-state index < -0.39 is 0 Å². The van der Waals surface area contributed by atoms with E-state index >= 15 is 0 Å². The topological polar surface area (TPSA) is 0 Å². The smallest absolute Gasteiger partial charge is 0.00196 e. The molecule has 0 fully saturated rings. The molecule has 0 saturated heterocycles. The number of benzene rings is 3. The van der Waals surface area contributed by atoms with Gasteiger partial charge in [0.05, 0.1) is 0 Å². The molecule has 20 heavy (non-hydrogen) atoms. The van der Waals surface area contributed by atoms with Gasteiger partial charge in [-0.15, -0.1) is 0 Å². The normalized spacial score (nSPS) is 9.90. The van der Waals surface area contributed by atoms with Crippen LogP contribution in [0.3, 0.4) is 0 Å². The van der Waals surface area contributed by atoms with Gasteiger partial charge in [-0.2, -0.15) is 0 Å². The van der Waals surface area contributed by atoms with E-state index in [-0.39, 0.29) is 0 Å². The van der Waals surface area contributed by atoms with Gasteiger partial charge in [-0.3, -0.25) is 0 Å². The lowest BCUT2D eigenvalue weighted by atomic mass is 9.99. The molecule has 0 saturated carbocycles. The lowest BCUT2D eigenvalue weighted by Gasteiger charge is -2.06. The average Bonchev–Trinajstić information content (AvgIpc) is 2.50. The molecule has 0 aliphatic rings. The van der Waals surface area contributed by atoms with Crippen molar-refractivity contribution < 1.29 is 0 Å². The molecule has 102 valence electrons. The first-order chi connectivity index (χ1) is 9.85. The van der Waals surface area contributed by atoms with Gasteiger partial charge in [-0.25, -0.2) is 0 Å². The Labute approximate surface area is 122 Å². The minimum Gasteiger partial charge on any atom is -0.0656 e. The molecule has 0 nitrogen and oxygen atoms in total. The fourth-order valence-electron chi connectivity index (χ4n) is 2.26. The Morgan fingerprint density at radius 3 is 2.00 bits per heavy atom. The largest absolute Gasteiger partial charge is 0.0656 e. The molecule has 0 aromatic heterocycles.